The zero-order chi connectivity index (χ0) is 17.4. The molecule has 0 radical (unpaired) electrons. The molecule has 0 saturated heterocycles. The fourth-order valence-electron chi connectivity index (χ4n) is 2.06. The molecule has 1 aromatic carbocycles. The quantitative estimate of drug-likeness (QED) is 0.608. The summed E-state index contributed by atoms with van der Waals surface area (Å²) in [5.74, 6) is 1.05. The van der Waals surface area contributed by atoms with Crippen molar-refractivity contribution in [2.45, 2.75) is 13.0 Å². The lowest BCUT2D eigenvalue weighted by Gasteiger charge is -2.18. The first kappa shape index (κ1) is 18.0. The van der Waals surface area contributed by atoms with Crippen LogP contribution in [-0.4, -0.2) is 64.5 Å². The standard InChI is InChI=1S/C17H23N3O4/c1-13-11-21-4-5-23-16-8-14(10-18)15(19-12-20(2)3)9-17(16)24-7-6-22-13/h8-9,12-13H,4-7,11H2,1-3H3. The normalized spacial score (nSPS) is 19.2. The van der Waals surface area contributed by atoms with Crippen LogP contribution in [0.4, 0.5) is 5.69 Å². The molecule has 1 atom stereocenters. The molecular weight excluding hydrogens is 310 g/mol. The predicted octanol–water partition coefficient (Wildman–Crippen LogP) is 1.97. The molecule has 1 heterocycles. The summed E-state index contributed by atoms with van der Waals surface area (Å²) in [5.41, 5.74) is 0.958. The van der Waals surface area contributed by atoms with Crippen molar-refractivity contribution in [1.29, 1.82) is 5.26 Å². The molecule has 0 fully saturated rings. The van der Waals surface area contributed by atoms with Crippen molar-refractivity contribution in [2.24, 2.45) is 4.99 Å². The van der Waals surface area contributed by atoms with Crippen LogP contribution >= 0.6 is 0 Å². The van der Waals surface area contributed by atoms with E-state index in [2.05, 4.69) is 11.1 Å². The number of hydrogen-bond acceptors (Lipinski definition) is 6. The molecule has 7 heteroatoms. The SMILES string of the molecule is CC1COCCOc2cc(C#N)c(N=CN(C)C)cc2OCCO1. The maximum Gasteiger partial charge on any atom is 0.163 e. The first-order chi connectivity index (χ1) is 11.6. The highest BCUT2D eigenvalue weighted by atomic mass is 16.6. The third kappa shape index (κ3) is 5.41. The van der Waals surface area contributed by atoms with Crippen molar-refractivity contribution in [3.8, 4) is 17.6 Å². The molecule has 7 nitrogen and oxygen atoms in total. The van der Waals surface area contributed by atoms with Gasteiger partial charge in [0.05, 0.1) is 43.5 Å². The fraction of sp³-hybridized carbons (Fsp3) is 0.529. The Balaban J connectivity index is 2.26. The smallest absolute Gasteiger partial charge is 0.163 e. The zero-order valence-electron chi connectivity index (χ0n) is 14.3. The molecule has 0 bridgehead atoms. The van der Waals surface area contributed by atoms with E-state index in [0.29, 0.717) is 55.8 Å². The maximum atomic E-state index is 9.34. The molecule has 1 aromatic rings. The molecule has 0 N–H and O–H groups in total. The topological polar surface area (TPSA) is 76.3 Å². The molecule has 1 unspecified atom stereocenters. The average molecular weight is 333 g/mol. The number of hydrogen-bond donors (Lipinski definition) is 0. The highest BCUT2D eigenvalue weighted by Gasteiger charge is 2.13. The number of nitrogens with zero attached hydrogens (tertiary/aromatic N) is 3. The minimum absolute atomic E-state index is 0.00807. The second-order valence-electron chi connectivity index (χ2n) is 5.59. The highest BCUT2D eigenvalue weighted by Crippen LogP contribution is 2.35. The first-order valence-corrected chi connectivity index (χ1v) is 7.84. The van der Waals surface area contributed by atoms with Gasteiger partial charge in [0.1, 0.15) is 19.3 Å². The van der Waals surface area contributed by atoms with Crippen LogP contribution < -0.4 is 9.47 Å². The molecule has 24 heavy (non-hydrogen) atoms. The first-order valence-electron chi connectivity index (χ1n) is 7.84. The lowest BCUT2D eigenvalue weighted by atomic mass is 10.1. The van der Waals surface area contributed by atoms with E-state index < -0.39 is 0 Å². The Morgan fingerprint density at radius 1 is 1.17 bits per heavy atom. The van der Waals surface area contributed by atoms with Crippen LogP contribution in [0.15, 0.2) is 17.1 Å². The van der Waals surface area contributed by atoms with Crippen molar-refractivity contribution >= 4 is 12.0 Å². The number of benzene rings is 1. The molecule has 130 valence electrons. The molecule has 0 saturated carbocycles. The molecule has 1 aliphatic rings. The lowest BCUT2D eigenvalue weighted by molar-refractivity contribution is -0.0240. The van der Waals surface area contributed by atoms with E-state index in [1.165, 1.54) is 0 Å². The Labute approximate surface area is 142 Å². The second kappa shape index (κ2) is 9.11. The third-order valence-electron chi connectivity index (χ3n) is 3.19. The zero-order valence-corrected chi connectivity index (χ0v) is 14.3. The molecular formula is C17H23N3O4. The van der Waals surface area contributed by atoms with Gasteiger partial charge in [-0.05, 0) is 6.92 Å². The van der Waals surface area contributed by atoms with Crippen LogP contribution in [-0.2, 0) is 9.47 Å². The maximum absolute atomic E-state index is 9.34. The van der Waals surface area contributed by atoms with Gasteiger partial charge < -0.3 is 23.8 Å². The Bertz CT molecular complexity index is 611. The van der Waals surface area contributed by atoms with E-state index >= 15 is 0 Å². The molecule has 0 aromatic heterocycles. The van der Waals surface area contributed by atoms with E-state index in [4.69, 9.17) is 18.9 Å². The van der Waals surface area contributed by atoms with Gasteiger partial charge in [-0.1, -0.05) is 0 Å². The lowest BCUT2D eigenvalue weighted by Crippen LogP contribution is -2.22. The molecule has 2 rings (SSSR count). The van der Waals surface area contributed by atoms with Gasteiger partial charge >= 0.3 is 0 Å². The summed E-state index contributed by atoms with van der Waals surface area (Å²) in [6, 6.07) is 5.50. The third-order valence-corrected chi connectivity index (χ3v) is 3.19. The minimum atomic E-state index is 0.00807. The number of rotatable bonds is 2. The molecule has 1 aliphatic heterocycles. The fourth-order valence-corrected chi connectivity index (χ4v) is 2.06. The summed E-state index contributed by atoms with van der Waals surface area (Å²) < 4.78 is 22.6. The summed E-state index contributed by atoms with van der Waals surface area (Å²) >= 11 is 0. The number of aliphatic imine (C=N–C) groups is 1. The number of ether oxygens (including phenoxy) is 4. The Morgan fingerprint density at radius 2 is 1.88 bits per heavy atom. The van der Waals surface area contributed by atoms with E-state index in [1.54, 1.807) is 23.4 Å². The van der Waals surface area contributed by atoms with Gasteiger partial charge in [-0.15, -0.1) is 0 Å². The summed E-state index contributed by atoms with van der Waals surface area (Å²) in [7, 11) is 3.73. The van der Waals surface area contributed by atoms with Crippen LogP contribution in [0, 0.1) is 11.3 Å². The summed E-state index contributed by atoms with van der Waals surface area (Å²) in [5, 5.41) is 9.34. The van der Waals surface area contributed by atoms with E-state index in [1.807, 2.05) is 21.0 Å². The van der Waals surface area contributed by atoms with Gasteiger partial charge in [-0.25, -0.2) is 4.99 Å². The van der Waals surface area contributed by atoms with E-state index in [9.17, 15) is 5.26 Å². The minimum Gasteiger partial charge on any atom is -0.487 e. The Morgan fingerprint density at radius 3 is 2.58 bits per heavy atom. The number of fused-ring (bicyclic) bond motifs is 1. The Hall–Kier alpha value is -2.30. The molecule has 0 aliphatic carbocycles. The van der Waals surface area contributed by atoms with E-state index in [0.717, 1.165) is 0 Å². The van der Waals surface area contributed by atoms with Crippen molar-refractivity contribution in [1.82, 2.24) is 4.90 Å². The van der Waals surface area contributed by atoms with E-state index in [-0.39, 0.29) is 6.10 Å². The van der Waals surface area contributed by atoms with Crippen LogP contribution in [0.5, 0.6) is 11.5 Å². The van der Waals surface area contributed by atoms with Crippen LogP contribution in [0.25, 0.3) is 0 Å². The van der Waals surface area contributed by atoms with Crippen LogP contribution in [0.2, 0.25) is 0 Å². The van der Waals surface area contributed by atoms with Gasteiger partial charge in [0.25, 0.3) is 0 Å². The molecule has 0 amide bonds. The monoisotopic (exact) mass is 333 g/mol. The van der Waals surface area contributed by atoms with Crippen molar-refractivity contribution in [3.63, 3.8) is 0 Å². The predicted molar refractivity (Wildman–Crippen MR) is 90.2 cm³/mol. The molecule has 0 spiro atoms. The highest BCUT2D eigenvalue weighted by molar-refractivity contribution is 5.68. The summed E-state index contributed by atoms with van der Waals surface area (Å²) in [4.78, 5) is 6.11. The van der Waals surface area contributed by atoms with Crippen molar-refractivity contribution in [3.05, 3.63) is 17.7 Å². The van der Waals surface area contributed by atoms with Gasteiger partial charge in [-0.2, -0.15) is 5.26 Å². The largest absolute Gasteiger partial charge is 0.487 e. The average Bonchev–Trinajstić information content (AvgIpc) is 2.55. The van der Waals surface area contributed by atoms with Crippen LogP contribution in [0.1, 0.15) is 12.5 Å². The van der Waals surface area contributed by atoms with Crippen molar-refractivity contribution < 1.29 is 18.9 Å². The van der Waals surface area contributed by atoms with Gasteiger partial charge in [0.15, 0.2) is 11.5 Å². The second-order valence-corrected chi connectivity index (χ2v) is 5.59. The number of nitriles is 1. The summed E-state index contributed by atoms with van der Waals surface area (Å²) in [6.45, 7) is 4.10. The van der Waals surface area contributed by atoms with Gasteiger partial charge in [0.2, 0.25) is 0 Å². The Kier molecular flexibility index (Phi) is 6.85. The van der Waals surface area contributed by atoms with Gasteiger partial charge in [-0.3, -0.25) is 0 Å². The van der Waals surface area contributed by atoms with Gasteiger partial charge in [0, 0.05) is 26.2 Å². The van der Waals surface area contributed by atoms with Crippen molar-refractivity contribution in [2.75, 3.05) is 47.1 Å². The summed E-state index contributed by atoms with van der Waals surface area (Å²) in [6.07, 6.45) is 1.64. The van der Waals surface area contributed by atoms with Crippen LogP contribution in [0.3, 0.4) is 0 Å².